The molecule has 1 aliphatic heterocycles. The number of non-ortho nitro benzene ring substituents is 1. The maximum atomic E-state index is 11.6. The number of nitro groups is 1. The Hall–Kier alpha value is -4.60. The fraction of sp³-hybridized carbons (Fsp3) is 0.0909. The number of imidazole rings is 2. The zero-order valence-electron chi connectivity index (χ0n) is 17.0. The van der Waals surface area contributed by atoms with Gasteiger partial charge in [0.1, 0.15) is 5.82 Å². The summed E-state index contributed by atoms with van der Waals surface area (Å²) in [4.78, 5) is 37.6. The highest BCUT2D eigenvalue weighted by atomic mass is 16.6. The van der Waals surface area contributed by atoms with Crippen molar-refractivity contribution in [1.29, 1.82) is 0 Å². The number of fused-ring (bicyclic) bond motifs is 3. The number of aryl methyl sites for hydroxylation is 1. The molecule has 0 unspecified atom stereocenters. The number of rotatable bonds is 3. The summed E-state index contributed by atoms with van der Waals surface area (Å²) in [5.74, 6) is -0.643. The number of aliphatic imine (C=N–C) groups is 1. The molecule has 2 N–H and O–H groups in total. The van der Waals surface area contributed by atoms with Crippen LogP contribution in [0.3, 0.4) is 0 Å². The van der Waals surface area contributed by atoms with E-state index in [-0.39, 0.29) is 17.9 Å². The molecule has 32 heavy (non-hydrogen) atoms. The van der Waals surface area contributed by atoms with E-state index in [1.165, 1.54) is 12.1 Å². The summed E-state index contributed by atoms with van der Waals surface area (Å²) in [6, 6.07) is 13.8. The van der Waals surface area contributed by atoms with Crippen LogP contribution in [0.15, 0.2) is 72.2 Å². The monoisotopic (exact) mass is 430 g/mol. The lowest BCUT2D eigenvalue weighted by molar-refractivity contribution is -0.384. The second kappa shape index (κ2) is 8.64. The van der Waals surface area contributed by atoms with Crippen molar-refractivity contribution in [1.82, 2.24) is 19.5 Å². The van der Waals surface area contributed by atoms with Crippen molar-refractivity contribution in [3.8, 4) is 5.69 Å². The Morgan fingerprint density at radius 2 is 2.00 bits per heavy atom. The van der Waals surface area contributed by atoms with Gasteiger partial charge in [-0.3, -0.25) is 19.7 Å². The minimum Gasteiger partial charge on any atom is -0.476 e. The van der Waals surface area contributed by atoms with Gasteiger partial charge < -0.3 is 10.1 Å². The molecule has 3 heterocycles. The van der Waals surface area contributed by atoms with Crippen molar-refractivity contribution >= 4 is 17.4 Å². The number of H-pyrrole nitrogens is 1. The molecule has 10 heteroatoms. The van der Waals surface area contributed by atoms with Crippen LogP contribution < -0.4 is 0 Å². The number of aromatic amines is 1. The van der Waals surface area contributed by atoms with Crippen molar-refractivity contribution in [2.75, 3.05) is 0 Å². The molecule has 0 radical (unpaired) electrons. The van der Waals surface area contributed by atoms with E-state index in [1.54, 1.807) is 36.3 Å². The molecule has 0 saturated carbocycles. The zero-order chi connectivity index (χ0) is 22.7. The molecule has 0 bridgehead atoms. The Morgan fingerprint density at radius 1 is 1.22 bits per heavy atom. The largest absolute Gasteiger partial charge is 0.476 e. The first kappa shape index (κ1) is 20.7. The molecule has 4 aromatic rings. The van der Waals surface area contributed by atoms with Gasteiger partial charge >= 0.3 is 5.97 Å². The van der Waals surface area contributed by atoms with E-state index in [1.807, 2.05) is 30.3 Å². The third-order valence-corrected chi connectivity index (χ3v) is 4.87. The maximum absolute atomic E-state index is 11.6. The molecule has 0 atom stereocenters. The number of hydrogen-bond donors (Lipinski definition) is 2. The molecule has 2 aromatic carbocycles. The quantitative estimate of drug-likeness (QED) is 0.376. The van der Waals surface area contributed by atoms with Crippen LogP contribution in [0.1, 0.15) is 33.1 Å². The minimum absolute atomic E-state index is 0.0583. The molecule has 5 rings (SSSR count). The minimum atomic E-state index is -1.13. The molecule has 1 aliphatic rings. The standard InChI is InChI=1S/C19H14N4O4.C3H4N2/c1-11-21-18(19(24)25)16-10-20-17(12-5-3-2-4-6-12)14-9-13(23(26)27)7-8-15(14)22(11)16;1-2-5-3-4-1/h2-9H,10H2,1H3,(H,24,25);1-3H,(H,4,5). The Morgan fingerprint density at radius 3 is 2.59 bits per heavy atom. The van der Waals surface area contributed by atoms with E-state index >= 15 is 0 Å². The average molecular weight is 430 g/mol. The third kappa shape index (κ3) is 3.88. The fourth-order valence-electron chi connectivity index (χ4n) is 3.53. The van der Waals surface area contributed by atoms with Crippen LogP contribution in [0.4, 0.5) is 5.69 Å². The van der Waals surface area contributed by atoms with Crippen LogP contribution in [0.5, 0.6) is 0 Å². The number of carboxylic acid groups (broad SMARTS) is 1. The van der Waals surface area contributed by atoms with Crippen LogP contribution in [-0.4, -0.2) is 41.2 Å². The number of aromatic nitrogens is 4. The van der Waals surface area contributed by atoms with E-state index < -0.39 is 10.9 Å². The molecule has 0 saturated heterocycles. The van der Waals surface area contributed by atoms with Crippen LogP contribution in [0.25, 0.3) is 5.69 Å². The van der Waals surface area contributed by atoms with Crippen LogP contribution in [0, 0.1) is 17.0 Å². The van der Waals surface area contributed by atoms with Gasteiger partial charge in [-0.25, -0.2) is 14.8 Å². The lowest BCUT2D eigenvalue weighted by atomic mass is 10.00. The Kier molecular flexibility index (Phi) is 5.58. The van der Waals surface area contributed by atoms with Gasteiger partial charge in [0, 0.05) is 35.7 Å². The van der Waals surface area contributed by atoms with E-state index in [9.17, 15) is 20.0 Å². The summed E-state index contributed by atoms with van der Waals surface area (Å²) in [6.07, 6.45) is 5.08. The molecule has 0 amide bonds. The topological polar surface area (TPSA) is 139 Å². The van der Waals surface area contributed by atoms with E-state index in [0.29, 0.717) is 28.5 Å². The molecule has 0 spiro atoms. The summed E-state index contributed by atoms with van der Waals surface area (Å²) in [6.45, 7) is 1.81. The third-order valence-electron chi connectivity index (χ3n) is 4.87. The fourth-order valence-corrected chi connectivity index (χ4v) is 3.53. The maximum Gasteiger partial charge on any atom is 0.356 e. The van der Waals surface area contributed by atoms with Gasteiger partial charge in [-0.1, -0.05) is 30.3 Å². The average Bonchev–Trinajstić information content (AvgIpc) is 3.44. The highest BCUT2D eigenvalue weighted by Crippen LogP contribution is 2.30. The lowest BCUT2D eigenvalue weighted by Crippen LogP contribution is -2.09. The molecule has 2 aromatic heterocycles. The number of nitrogens with one attached hydrogen (secondary N) is 1. The Balaban J connectivity index is 0.000000433. The first-order valence-electron chi connectivity index (χ1n) is 9.60. The van der Waals surface area contributed by atoms with E-state index in [4.69, 9.17) is 0 Å². The van der Waals surface area contributed by atoms with Gasteiger partial charge in [-0.05, 0) is 13.0 Å². The number of nitrogens with zero attached hydrogens (tertiary/aromatic N) is 5. The number of aromatic carboxylic acids is 1. The van der Waals surface area contributed by atoms with Crippen molar-refractivity contribution in [2.24, 2.45) is 4.99 Å². The smallest absolute Gasteiger partial charge is 0.356 e. The van der Waals surface area contributed by atoms with Gasteiger partial charge in [0.15, 0.2) is 5.69 Å². The van der Waals surface area contributed by atoms with Gasteiger partial charge in [0.25, 0.3) is 5.69 Å². The SMILES string of the molecule is Cc1nc(C(=O)O)c2n1-c1ccc([N+](=O)[O-])cc1C(c1ccccc1)=NC2.c1c[nH]cn1. The number of hydrogen-bond acceptors (Lipinski definition) is 6. The summed E-state index contributed by atoms with van der Waals surface area (Å²) < 4.78 is 1.71. The zero-order valence-corrected chi connectivity index (χ0v) is 17.0. The van der Waals surface area contributed by atoms with Gasteiger partial charge in [-0.2, -0.15) is 0 Å². The second-order valence-corrected chi connectivity index (χ2v) is 6.84. The van der Waals surface area contributed by atoms with Gasteiger partial charge in [0.2, 0.25) is 0 Å². The van der Waals surface area contributed by atoms with E-state index in [0.717, 1.165) is 5.56 Å². The van der Waals surface area contributed by atoms with E-state index in [2.05, 4.69) is 19.9 Å². The predicted octanol–water partition coefficient (Wildman–Crippen LogP) is 3.55. The second-order valence-electron chi connectivity index (χ2n) is 6.84. The first-order chi connectivity index (χ1) is 15.5. The predicted molar refractivity (Wildman–Crippen MR) is 116 cm³/mol. The number of nitro benzene ring substituents is 1. The molecule has 0 fully saturated rings. The highest BCUT2D eigenvalue weighted by molar-refractivity contribution is 6.15. The summed E-state index contributed by atoms with van der Waals surface area (Å²) >= 11 is 0. The summed E-state index contributed by atoms with van der Waals surface area (Å²) in [5.41, 5.74) is 2.88. The van der Waals surface area contributed by atoms with Crippen LogP contribution >= 0.6 is 0 Å². The van der Waals surface area contributed by atoms with Crippen molar-refractivity contribution in [2.45, 2.75) is 13.5 Å². The molecule has 160 valence electrons. The normalized spacial score (nSPS) is 11.8. The number of carboxylic acids is 1. The Labute approximate surface area is 182 Å². The molecular weight excluding hydrogens is 412 g/mol. The van der Waals surface area contributed by atoms with Gasteiger partial charge in [0.05, 0.1) is 34.9 Å². The summed E-state index contributed by atoms with van der Waals surface area (Å²) in [5, 5.41) is 20.8. The van der Waals surface area contributed by atoms with Crippen molar-refractivity contribution < 1.29 is 14.8 Å². The highest BCUT2D eigenvalue weighted by Gasteiger charge is 2.27. The number of carbonyl (C=O) groups is 1. The molecule has 10 nitrogen and oxygen atoms in total. The van der Waals surface area contributed by atoms with Crippen LogP contribution in [-0.2, 0) is 6.54 Å². The van der Waals surface area contributed by atoms with Crippen molar-refractivity contribution in [3.63, 3.8) is 0 Å². The van der Waals surface area contributed by atoms with Crippen LogP contribution in [0.2, 0.25) is 0 Å². The lowest BCUT2D eigenvalue weighted by Gasteiger charge is -2.13. The number of benzene rings is 2. The van der Waals surface area contributed by atoms with Crippen molar-refractivity contribution in [3.05, 3.63) is 106 Å². The molecule has 0 aliphatic carbocycles. The Bertz CT molecular complexity index is 1290. The first-order valence-corrected chi connectivity index (χ1v) is 9.60. The molecular formula is C22H18N6O4. The van der Waals surface area contributed by atoms with Gasteiger partial charge in [-0.15, -0.1) is 0 Å². The summed E-state index contributed by atoms with van der Waals surface area (Å²) in [7, 11) is 0.